The summed E-state index contributed by atoms with van der Waals surface area (Å²) in [5.74, 6) is 4.24. The lowest BCUT2D eigenvalue weighted by Gasteiger charge is -2.32. The van der Waals surface area contributed by atoms with Crippen LogP contribution in [0.1, 0.15) is 99.3 Å². The van der Waals surface area contributed by atoms with Gasteiger partial charge in [0.2, 0.25) is 0 Å². The lowest BCUT2D eigenvalue weighted by Crippen LogP contribution is -2.19. The van der Waals surface area contributed by atoms with Crippen LogP contribution in [0.2, 0.25) is 0 Å². The molecule has 0 aromatic rings. The summed E-state index contributed by atoms with van der Waals surface area (Å²) in [6.07, 6.45) is 13.7. The van der Waals surface area contributed by atoms with Gasteiger partial charge in [-0.05, 0) is 30.1 Å². The number of hydrogen-bond acceptors (Lipinski definition) is 0. The van der Waals surface area contributed by atoms with Gasteiger partial charge in [-0.15, -0.1) is 0 Å². The van der Waals surface area contributed by atoms with Gasteiger partial charge in [0, 0.05) is 0 Å². The summed E-state index contributed by atoms with van der Waals surface area (Å²) in [4.78, 5) is 0. The number of hydrogen-bond donors (Lipinski definition) is 0. The molecular weight excluding hydrogens is 228 g/mol. The molecule has 116 valence electrons. The second kappa shape index (κ2) is 11.8. The maximum absolute atomic E-state index is 2.43. The fraction of sp³-hybridized carbons (Fsp3) is 1.00. The molecule has 2 fully saturated rings. The van der Waals surface area contributed by atoms with E-state index in [0.29, 0.717) is 0 Å². The first-order valence-corrected chi connectivity index (χ1v) is 9.24. The van der Waals surface area contributed by atoms with E-state index in [2.05, 4.69) is 13.8 Å². The van der Waals surface area contributed by atoms with Gasteiger partial charge in [0.25, 0.3) is 0 Å². The molecule has 0 saturated heterocycles. The molecule has 2 saturated carbocycles. The molecule has 0 bridgehead atoms. The van der Waals surface area contributed by atoms with E-state index >= 15 is 0 Å². The Labute approximate surface area is 123 Å². The molecule has 0 heteroatoms. The van der Waals surface area contributed by atoms with Gasteiger partial charge in [0.05, 0.1) is 0 Å². The van der Waals surface area contributed by atoms with E-state index in [-0.39, 0.29) is 0 Å². The Hall–Kier alpha value is 0. The molecule has 0 nitrogen and oxygen atoms in total. The molecule has 2 rings (SSSR count). The zero-order chi connectivity index (χ0) is 14.7. The van der Waals surface area contributed by atoms with E-state index in [1.54, 1.807) is 6.42 Å². The standard InChI is InChI=1S/C15H28.2C2H6/c1-12-3-7-14(8-4-12)11-15-9-5-13(2)6-10-15;2*1-2/h12-15H,3-11H2,1-2H3;2*1-2H3. The monoisotopic (exact) mass is 268 g/mol. The van der Waals surface area contributed by atoms with Crippen molar-refractivity contribution < 1.29 is 0 Å². The first-order chi connectivity index (χ1) is 9.24. The van der Waals surface area contributed by atoms with E-state index in [9.17, 15) is 0 Å². The van der Waals surface area contributed by atoms with Crippen molar-refractivity contribution >= 4 is 0 Å². The van der Waals surface area contributed by atoms with Crippen LogP contribution in [0.25, 0.3) is 0 Å². The third-order valence-corrected chi connectivity index (χ3v) is 4.94. The van der Waals surface area contributed by atoms with Crippen molar-refractivity contribution in [3.63, 3.8) is 0 Å². The van der Waals surface area contributed by atoms with Crippen molar-refractivity contribution in [1.29, 1.82) is 0 Å². The van der Waals surface area contributed by atoms with Crippen molar-refractivity contribution in [2.45, 2.75) is 99.3 Å². The quantitative estimate of drug-likeness (QED) is 0.502. The predicted octanol–water partition coefficient (Wildman–Crippen LogP) is 7.08. The zero-order valence-corrected chi connectivity index (χ0v) is 14.7. The normalized spacial score (nSPS) is 34.4. The van der Waals surface area contributed by atoms with Gasteiger partial charge in [0.1, 0.15) is 0 Å². The van der Waals surface area contributed by atoms with E-state index in [1.165, 1.54) is 51.4 Å². The van der Waals surface area contributed by atoms with Crippen LogP contribution < -0.4 is 0 Å². The summed E-state index contributed by atoms with van der Waals surface area (Å²) in [6, 6.07) is 0. The summed E-state index contributed by atoms with van der Waals surface area (Å²) >= 11 is 0. The first-order valence-electron chi connectivity index (χ1n) is 9.24. The minimum atomic E-state index is 1.02. The third-order valence-electron chi connectivity index (χ3n) is 4.94. The second-order valence-corrected chi connectivity index (χ2v) is 6.49. The van der Waals surface area contributed by atoms with Crippen molar-refractivity contribution in [3.05, 3.63) is 0 Å². The van der Waals surface area contributed by atoms with Crippen LogP contribution in [-0.2, 0) is 0 Å². The molecule has 0 aromatic carbocycles. The minimum absolute atomic E-state index is 1.02. The Morgan fingerprint density at radius 3 is 1.05 bits per heavy atom. The van der Waals surface area contributed by atoms with Gasteiger partial charge >= 0.3 is 0 Å². The summed E-state index contributed by atoms with van der Waals surface area (Å²) in [7, 11) is 0. The molecule has 0 aromatic heterocycles. The van der Waals surface area contributed by atoms with E-state index in [1.807, 2.05) is 27.7 Å². The molecule has 19 heavy (non-hydrogen) atoms. The fourth-order valence-corrected chi connectivity index (χ4v) is 3.60. The zero-order valence-electron chi connectivity index (χ0n) is 14.7. The Morgan fingerprint density at radius 2 is 0.789 bits per heavy atom. The summed E-state index contributed by atoms with van der Waals surface area (Å²) in [5.41, 5.74) is 0. The highest BCUT2D eigenvalue weighted by Crippen LogP contribution is 2.37. The van der Waals surface area contributed by atoms with Crippen molar-refractivity contribution in [1.82, 2.24) is 0 Å². The smallest absolute Gasteiger partial charge is 0.0411 e. The van der Waals surface area contributed by atoms with Gasteiger partial charge in [-0.1, -0.05) is 92.9 Å². The van der Waals surface area contributed by atoms with Crippen LogP contribution in [0.5, 0.6) is 0 Å². The van der Waals surface area contributed by atoms with Crippen LogP contribution in [0, 0.1) is 23.7 Å². The maximum atomic E-state index is 2.43. The Balaban J connectivity index is 0.000000741. The molecule has 0 amide bonds. The molecule has 0 spiro atoms. The van der Waals surface area contributed by atoms with Crippen molar-refractivity contribution in [2.24, 2.45) is 23.7 Å². The lowest BCUT2D eigenvalue weighted by molar-refractivity contribution is 0.201. The molecule has 0 aliphatic heterocycles. The highest BCUT2D eigenvalue weighted by molar-refractivity contribution is 4.76. The average Bonchev–Trinajstić information content (AvgIpc) is 2.48. The minimum Gasteiger partial charge on any atom is -0.0683 e. The SMILES string of the molecule is CC.CC.CC1CCC(CC2CCC(C)CC2)CC1. The molecule has 0 N–H and O–H groups in total. The Kier molecular flexibility index (Phi) is 11.8. The van der Waals surface area contributed by atoms with Crippen LogP contribution in [-0.4, -0.2) is 0 Å². The van der Waals surface area contributed by atoms with E-state index in [0.717, 1.165) is 23.7 Å². The predicted molar refractivity (Wildman–Crippen MR) is 89.6 cm³/mol. The van der Waals surface area contributed by atoms with Gasteiger partial charge < -0.3 is 0 Å². The summed E-state index contributed by atoms with van der Waals surface area (Å²) in [5, 5.41) is 0. The van der Waals surface area contributed by atoms with Crippen LogP contribution in [0.4, 0.5) is 0 Å². The van der Waals surface area contributed by atoms with Crippen molar-refractivity contribution in [3.8, 4) is 0 Å². The van der Waals surface area contributed by atoms with E-state index < -0.39 is 0 Å². The second-order valence-electron chi connectivity index (χ2n) is 6.49. The number of rotatable bonds is 2. The summed E-state index contributed by atoms with van der Waals surface area (Å²) in [6.45, 7) is 12.9. The van der Waals surface area contributed by atoms with Gasteiger partial charge in [-0.3, -0.25) is 0 Å². The molecule has 0 atom stereocenters. The first kappa shape index (κ1) is 19.0. The fourth-order valence-electron chi connectivity index (χ4n) is 3.60. The molecule has 0 unspecified atom stereocenters. The maximum Gasteiger partial charge on any atom is -0.0411 e. The Bertz CT molecular complexity index is 148. The summed E-state index contributed by atoms with van der Waals surface area (Å²) < 4.78 is 0. The van der Waals surface area contributed by atoms with Crippen LogP contribution >= 0.6 is 0 Å². The highest BCUT2D eigenvalue weighted by Gasteiger charge is 2.24. The largest absolute Gasteiger partial charge is 0.0683 e. The molecule has 2 aliphatic rings. The van der Waals surface area contributed by atoms with E-state index in [4.69, 9.17) is 0 Å². The Morgan fingerprint density at radius 1 is 0.526 bits per heavy atom. The van der Waals surface area contributed by atoms with Crippen LogP contribution in [0.3, 0.4) is 0 Å². The topological polar surface area (TPSA) is 0 Å². The van der Waals surface area contributed by atoms with Crippen molar-refractivity contribution in [2.75, 3.05) is 0 Å². The van der Waals surface area contributed by atoms with Gasteiger partial charge in [-0.25, -0.2) is 0 Å². The van der Waals surface area contributed by atoms with Crippen LogP contribution in [0.15, 0.2) is 0 Å². The lowest BCUT2D eigenvalue weighted by atomic mass is 9.74. The average molecular weight is 269 g/mol. The highest BCUT2D eigenvalue weighted by atomic mass is 14.3. The van der Waals surface area contributed by atoms with Gasteiger partial charge in [-0.2, -0.15) is 0 Å². The molecule has 2 aliphatic carbocycles. The molecule has 0 radical (unpaired) electrons. The van der Waals surface area contributed by atoms with Gasteiger partial charge in [0.15, 0.2) is 0 Å². The molecular formula is C19H40. The third kappa shape index (κ3) is 8.00. The molecule has 0 heterocycles.